The van der Waals surface area contributed by atoms with Gasteiger partial charge in [-0.15, -0.1) is 0 Å². The minimum Gasteiger partial charge on any atom is -0.477 e. The smallest absolute Gasteiger partial charge is 0.354 e. The van der Waals surface area contributed by atoms with Crippen LogP contribution in [0.2, 0.25) is 0 Å². The molecule has 0 unspecified atom stereocenters. The number of aromatic nitrogens is 1. The molecule has 0 aromatic carbocycles. The van der Waals surface area contributed by atoms with E-state index < -0.39 is 5.97 Å². The van der Waals surface area contributed by atoms with Crippen LogP contribution in [0.25, 0.3) is 0 Å². The van der Waals surface area contributed by atoms with E-state index in [4.69, 9.17) is 5.11 Å². The standard InChI is InChI=1S/C14H20N4O3/c19-13(20)12-4-3-11(9-16-12)10-17-14(21)15-5-8-18-6-1-2-7-18/h3-4,9H,1-2,5-8,10H2,(H,19,20)(H2,15,17,21). The lowest BCUT2D eigenvalue weighted by atomic mass is 10.2. The summed E-state index contributed by atoms with van der Waals surface area (Å²) < 4.78 is 0. The van der Waals surface area contributed by atoms with Crippen molar-refractivity contribution in [3.8, 4) is 0 Å². The van der Waals surface area contributed by atoms with Crippen molar-refractivity contribution in [3.05, 3.63) is 29.6 Å². The Bertz CT molecular complexity index is 483. The molecule has 2 rings (SSSR count). The SMILES string of the molecule is O=C(NCCN1CCCC1)NCc1ccc(C(=O)O)nc1. The van der Waals surface area contributed by atoms with Crippen LogP contribution < -0.4 is 10.6 Å². The van der Waals surface area contributed by atoms with Gasteiger partial charge in [0.1, 0.15) is 5.69 Å². The van der Waals surface area contributed by atoms with E-state index in [0.717, 1.165) is 25.2 Å². The lowest BCUT2D eigenvalue weighted by molar-refractivity contribution is 0.0690. The van der Waals surface area contributed by atoms with Gasteiger partial charge in [-0.25, -0.2) is 14.6 Å². The van der Waals surface area contributed by atoms with E-state index in [1.165, 1.54) is 25.1 Å². The molecule has 2 heterocycles. The first kappa shape index (κ1) is 15.2. The number of rotatable bonds is 6. The molecule has 0 radical (unpaired) electrons. The Labute approximate surface area is 123 Å². The number of carbonyl (C=O) groups excluding carboxylic acids is 1. The highest BCUT2D eigenvalue weighted by atomic mass is 16.4. The number of carboxylic acids is 1. The van der Waals surface area contributed by atoms with Crippen LogP contribution in [0.3, 0.4) is 0 Å². The zero-order valence-electron chi connectivity index (χ0n) is 11.8. The van der Waals surface area contributed by atoms with Gasteiger partial charge in [-0.05, 0) is 37.6 Å². The molecule has 7 nitrogen and oxygen atoms in total. The number of aromatic carboxylic acids is 1. The molecule has 0 spiro atoms. The molecule has 0 saturated carbocycles. The third-order valence-electron chi connectivity index (χ3n) is 3.41. The van der Waals surface area contributed by atoms with Crippen LogP contribution in [0, 0.1) is 0 Å². The van der Waals surface area contributed by atoms with E-state index in [1.807, 2.05) is 0 Å². The number of nitrogens with zero attached hydrogens (tertiary/aromatic N) is 2. The molecule has 1 saturated heterocycles. The molecule has 0 aliphatic carbocycles. The fourth-order valence-electron chi connectivity index (χ4n) is 2.23. The largest absolute Gasteiger partial charge is 0.477 e. The average molecular weight is 292 g/mol. The van der Waals surface area contributed by atoms with Crippen LogP contribution in [0.1, 0.15) is 28.9 Å². The molecular formula is C14H20N4O3. The van der Waals surface area contributed by atoms with Crippen LogP contribution in [0.15, 0.2) is 18.3 Å². The summed E-state index contributed by atoms with van der Waals surface area (Å²) in [6.07, 6.45) is 3.94. The Morgan fingerprint density at radius 3 is 2.62 bits per heavy atom. The van der Waals surface area contributed by atoms with Crippen molar-refractivity contribution in [1.82, 2.24) is 20.5 Å². The number of carbonyl (C=O) groups is 2. The van der Waals surface area contributed by atoms with Gasteiger partial charge in [0.2, 0.25) is 0 Å². The zero-order valence-corrected chi connectivity index (χ0v) is 11.8. The van der Waals surface area contributed by atoms with Crippen molar-refractivity contribution in [1.29, 1.82) is 0 Å². The molecule has 7 heteroatoms. The van der Waals surface area contributed by atoms with Gasteiger partial charge < -0.3 is 20.6 Å². The maximum Gasteiger partial charge on any atom is 0.354 e. The second-order valence-electron chi connectivity index (χ2n) is 5.02. The van der Waals surface area contributed by atoms with E-state index >= 15 is 0 Å². The first-order chi connectivity index (χ1) is 10.1. The molecule has 1 aromatic rings. The zero-order chi connectivity index (χ0) is 15.1. The van der Waals surface area contributed by atoms with E-state index in [9.17, 15) is 9.59 Å². The quantitative estimate of drug-likeness (QED) is 0.716. The number of hydrogen-bond donors (Lipinski definition) is 3. The minimum absolute atomic E-state index is 0.00573. The number of amides is 2. The number of nitrogens with one attached hydrogen (secondary N) is 2. The molecule has 1 aromatic heterocycles. The molecule has 21 heavy (non-hydrogen) atoms. The maximum atomic E-state index is 11.6. The lowest BCUT2D eigenvalue weighted by Crippen LogP contribution is -2.39. The highest BCUT2D eigenvalue weighted by molar-refractivity contribution is 5.85. The lowest BCUT2D eigenvalue weighted by Gasteiger charge is -2.15. The first-order valence-corrected chi connectivity index (χ1v) is 7.07. The Hall–Kier alpha value is -2.15. The second kappa shape index (κ2) is 7.58. The van der Waals surface area contributed by atoms with Crippen LogP contribution in [0.5, 0.6) is 0 Å². The van der Waals surface area contributed by atoms with Gasteiger partial charge in [0.25, 0.3) is 0 Å². The summed E-state index contributed by atoms with van der Waals surface area (Å²) in [5.41, 5.74) is 0.753. The monoisotopic (exact) mass is 292 g/mol. The van der Waals surface area contributed by atoms with Crippen molar-refractivity contribution in [2.24, 2.45) is 0 Å². The highest BCUT2D eigenvalue weighted by Gasteiger charge is 2.11. The predicted octanol–water partition coefficient (Wildman–Crippen LogP) is 0.675. The first-order valence-electron chi connectivity index (χ1n) is 7.07. The Morgan fingerprint density at radius 2 is 2.00 bits per heavy atom. The maximum absolute atomic E-state index is 11.6. The van der Waals surface area contributed by atoms with Gasteiger partial charge in [-0.1, -0.05) is 6.07 Å². The Morgan fingerprint density at radius 1 is 1.24 bits per heavy atom. The van der Waals surface area contributed by atoms with E-state index in [2.05, 4.69) is 20.5 Å². The normalized spacial score (nSPS) is 14.9. The molecule has 114 valence electrons. The molecule has 1 aliphatic rings. The topological polar surface area (TPSA) is 94.6 Å². The summed E-state index contributed by atoms with van der Waals surface area (Å²) in [5.74, 6) is -1.06. The summed E-state index contributed by atoms with van der Waals surface area (Å²) in [5, 5.41) is 14.3. The van der Waals surface area contributed by atoms with Gasteiger partial charge in [0.15, 0.2) is 0 Å². The van der Waals surface area contributed by atoms with Crippen LogP contribution in [-0.4, -0.2) is 53.2 Å². The van der Waals surface area contributed by atoms with E-state index in [0.29, 0.717) is 13.1 Å². The Kier molecular flexibility index (Phi) is 5.51. The number of urea groups is 1. The van der Waals surface area contributed by atoms with Crippen molar-refractivity contribution >= 4 is 12.0 Å². The highest BCUT2D eigenvalue weighted by Crippen LogP contribution is 2.05. The summed E-state index contributed by atoms with van der Waals surface area (Å²) in [6, 6.07) is 2.84. The van der Waals surface area contributed by atoms with Crippen LogP contribution in [0.4, 0.5) is 4.79 Å². The van der Waals surface area contributed by atoms with Gasteiger partial charge in [-0.3, -0.25) is 0 Å². The van der Waals surface area contributed by atoms with Crippen molar-refractivity contribution < 1.29 is 14.7 Å². The van der Waals surface area contributed by atoms with Crippen molar-refractivity contribution in [2.75, 3.05) is 26.2 Å². The van der Waals surface area contributed by atoms with Gasteiger partial charge >= 0.3 is 12.0 Å². The summed E-state index contributed by atoms with van der Waals surface area (Å²) in [6.45, 7) is 4.06. The van der Waals surface area contributed by atoms with Crippen LogP contribution >= 0.6 is 0 Å². The Balaban J connectivity index is 1.64. The molecule has 0 bridgehead atoms. The third-order valence-corrected chi connectivity index (χ3v) is 3.41. The number of carboxylic acid groups (broad SMARTS) is 1. The van der Waals surface area contributed by atoms with E-state index in [-0.39, 0.29) is 11.7 Å². The molecular weight excluding hydrogens is 272 g/mol. The van der Waals surface area contributed by atoms with E-state index in [1.54, 1.807) is 6.07 Å². The molecule has 0 atom stereocenters. The summed E-state index contributed by atoms with van der Waals surface area (Å²) in [4.78, 5) is 28.4. The summed E-state index contributed by atoms with van der Waals surface area (Å²) >= 11 is 0. The molecule has 2 amide bonds. The molecule has 1 aliphatic heterocycles. The van der Waals surface area contributed by atoms with Crippen molar-refractivity contribution in [2.45, 2.75) is 19.4 Å². The van der Waals surface area contributed by atoms with Crippen LogP contribution in [-0.2, 0) is 6.54 Å². The van der Waals surface area contributed by atoms with Gasteiger partial charge in [0.05, 0.1) is 0 Å². The van der Waals surface area contributed by atoms with Gasteiger partial charge in [-0.2, -0.15) is 0 Å². The fourth-order valence-corrected chi connectivity index (χ4v) is 2.23. The van der Waals surface area contributed by atoms with Gasteiger partial charge in [0, 0.05) is 25.8 Å². The predicted molar refractivity (Wildman–Crippen MR) is 77.1 cm³/mol. The molecule has 1 fully saturated rings. The molecule has 3 N–H and O–H groups in total. The second-order valence-corrected chi connectivity index (χ2v) is 5.02. The number of pyridine rings is 1. The number of hydrogen-bond acceptors (Lipinski definition) is 4. The van der Waals surface area contributed by atoms with Crippen molar-refractivity contribution in [3.63, 3.8) is 0 Å². The number of likely N-dealkylation sites (tertiary alicyclic amines) is 1. The third kappa shape index (κ3) is 5.03. The average Bonchev–Trinajstić information content (AvgIpc) is 2.99. The minimum atomic E-state index is -1.06. The summed E-state index contributed by atoms with van der Waals surface area (Å²) in [7, 11) is 0. The fraction of sp³-hybridized carbons (Fsp3) is 0.500.